The van der Waals surface area contributed by atoms with Crippen LogP contribution in [0.15, 0.2) is 46.7 Å². The first-order valence-corrected chi connectivity index (χ1v) is 10.8. The van der Waals surface area contributed by atoms with Crippen molar-refractivity contribution in [3.8, 4) is 5.75 Å². The van der Waals surface area contributed by atoms with Crippen molar-refractivity contribution in [2.75, 3.05) is 0 Å². The Balaban J connectivity index is 2.02. The van der Waals surface area contributed by atoms with Crippen molar-refractivity contribution in [3.63, 3.8) is 0 Å². The molecule has 2 aromatic heterocycles. The largest absolute Gasteiger partial charge is 0.487 e. The Labute approximate surface area is 197 Å². The molecule has 0 saturated carbocycles. The molecule has 0 radical (unpaired) electrons. The maximum atomic E-state index is 11.3. The van der Waals surface area contributed by atoms with Gasteiger partial charge in [-0.25, -0.2) is 4.98 Å². The summed E-state index contributed by atoms with van der Waals surface area (Å²) >= 11 is 12.7. The van der Waals surface area contributed by atoms with E-state index < -0.39 is 0 Å². The van der Waals surface area contributed by atoms with Crippen molar-refractivity contribution >= 4 is 51.9 Å². The van der Waals surface area contributed by atoms with Crippen LogP contribution in [0.5, 0.6) is 5.75 Å². The second-order valence-electron chi connectivity index (χ2n) is 7.19. The highest BCUT2D eigenvalue weighted by molar-refractivity contribution is 6.32. The molecule has 1 N–H and O–H groups in total. The van der Waals surface area contributed by atoms with Crippen LogP contribution in [0, 0.1) is 6.92 Å². The van der Waals surface area contributed by atoms with Crippen LogP contribution in [0.3, 0.4) is 0 Å². The van der Waals surface area contributed by atoms with Gasteiger partial charge in [0.05, 0.1) is 10.7 Å². The highest BCUT2D eigenvalue weighted by Crippen LogP contribution is 2.34. The van der Waals surface area contributed by atoms with Gasteiger partial charge < -0.3 is 10.1 Å². The molecule has 0 spiro atoms. The molecule has 0 bridgehead atoms. The molecule has 0 aliphatic rings. The number of benzene rings is 1. The van der Waals surface area contributed by atoms with E-state index >= 15 is 0 Å². The molecular formula is C24H24Cl2N4O2. The van der Waals surface area contributed by atoms with Gasteiger partial charge in [-0.3, -0.25) is 14.8 Å². The van der Waals surface area contributed by atoms with Gasteiger partial charge in [-0.1, -0.05) is 35.3 Å². The van der Waals surface area contributed by atoms with E-state index in [2.05, 4.69) is 15.3 Å². The molecule has 0 atom stereocenters. The summed E-state index contributed by atoms with van der Waals surface area (Å²) < 4.78 is 6.17. The summed E-state index contributed by atoms with van der Waals surface area (Å²) in [7, 11) is 0. The maximum Gasteiger partial charge on any atom is 0.217 e. The normalized spacial score (nSPS) is 12.2. The van der Waals surface area contributed by atoms with Crippen molar-refractivity contribution < 1.29 is 9.53 Å². The number of nitrogens with zero attached hydrogens (tertiary/aromatic N) is 3. The van der Waals surface area contributed by atoms with Gasteiger partial charge in [0.1, 0.15) is 17.9 Å². The Morgan fingerprint density at radius 2 is 2.06 bits per heavy atom. The van der Waals surface area contributed by atoms with Gasteiger partial charge in [-0.05, 0) is 38.5 Å². The van der Waals surface area contributed by atoms with E-state index in [4.69, 9.17) is 32.9 Å². The van der Waals surface area contributed by atoms with Gasteiger partial charge >= 0.3 is 0 Å². The van der Waals surface area contributed by atoms with Crippen LogP contribution >= 0.6 is 23.2 Å². The number of hydrogen-bond donors (Lipinski definition) is 1. The van der Waals surface area contributed by atoms with Crippen molar-refractivity contribution in [1.29, 1.82) is 0 Å². The number of ether oxygens (including phenoxy) is 1. The predicted molar refractivity (Wildman–Crippen MR) is 130 cm³/mol. The van der Waals surface area contributed by atoms with E-state index in [1.54, 1.807) is 18.6 Å². The number of allylic oxidation sites excluding steroid dienone is 1. The van der Waals surface area contributed by atoms with Crippen molar-refractivity contribution in [1.82, 2.24) is 15.3 Å². The molecule has 2 heterocycles. The van der Waals surface area contributed by atoms with Crippen LogP contribution < -0.4 is 10.1 Å². The van der Waals surface area contributed by atoms with Crippen molar-refractivity contribution in [3.05, 3.63) is 69.1 Å². The number of halogens is 2. The number of carbonyl (C=O) groups excluding carboxylic acids is 1. The fourth-order valence-electron chi connectivity index (χ4n) is 3.32. The first-order valence-electron chi connectivity index (χ1n) is 10.1. The van der Waals surface area contributed by atoms with E-state index in [9.17, 15) is 4.79 Å². The molecule has 1 amide bonds. The summed E-state index contributed by atoms with van der Waals surface area (Å²) in [6.07, 6.45) is 4.95. The standard InChI is InChI=1S/C24H24Cl2N4O2/c1-5-28-23(15(3)25)19-9-14(2)30-24-18(19)7-6-8-22(24)32-13-20-17(11-29-16(4)31)10-27-12-21(20)26/h5-10,12H,11,13H2,1-4H3,(H,29,31)/b23-15+,28-5?. The number of para-hydroxylation sites is 1. The summed E-state index contributed by atoms with van der Waals surface area (Å²) in [4.78, 5) is 24.6. The van der Waals surface area contributed by atoms with Crippen LogP contribution in [-0.2, 0) is 17.9 Å². The Morgan fingerprint density at radius 3 is 2.75 bits per heavy atom. The minimum atomic E-state index is -0.133. The number of pyridine rings is 2. The summed E-state index contributed by atoms with van der Waals surface area (Å²) in [5.74, 6) is 0.476. The van der Waals surface area contributed by atoms with Crippen LogP contribution in [-0.4, -0.2) is 22.1 Å². The van der Waals surface area contributed by atoms with Gasteiger partial charge in [-0.2, -0.15) is 0 Å². The van der Waals surface area contributed by atoms with Gasteiger partial charge in [0.15, 0.2) is 0 Å². The Morgan fingerprint density at radius 1 is 1.28 bits per heavy atom. The summed E-state index contributed by atoms with van der Waals surface area (Å²) in [6, 6.07) is 7.70. The molecule has 0 unspecified atom stereocenters. The lowest BCUT2D eigenvalue weighted by Crippen LogP contribution is -2.20. The molecule has 0 saturated heterocycles. The van der Waals surface area contributed by atoms with E-state index in [1.807, 2.05) is 45.0 Å². The zero-order valence-electron chi connectivity index (χ0n) is 18.4. The number of amides is 1. The van der Waals surface area contributed by atoms with E-state index in [-0.39, 0.29) is 12.5 Å². The average Bonchev–Trinajstić information content (AvgIpc) is 2.74. The van der Waals surface area contributed by atoms with Crippen LogP contribution in [0.1, 0.15) is 43.2 Å². The second kappa shape index (κ2) is 10.6. The summed E-state index contributed by atoms with van der Waals surface area (Å²) in [5, 5.41) is 4.71. The summed E-state index contributed by atoms with van der Waals surface area (Å²) in [6.45, 7) is 7.56. The molecule has 3 rings (SSSR count). The Bertz CT molecular complexity index is 1220. The Hall–Kier alpha value is -2.96. The lowest BCUT2D eigenvalue weighted by Gasteiger charge is -2.15. The molecule has 8 heteroatoms. The van der Waals surface area contributed by atoms with Crippen molar-refractivity contribution in [2.45, 2.75) is 40.8 Å². The minimum absolute atomic E-state index is 0.133. The number of carbonyl (C=O) groups is 1. The smallest absolute Gasteiger partial charge is 0.217 e. The van der Waals surface area contributed by atoms with Crippen LogP contribution in [0.25, 0.3) is 16.6 Å². The highest BCUT2D eigenvalue weighted by Gasteiger charge is 2.15. The number of nitrogens with one attached hydrogen (secondary N) is 1. The SMILES string of the molecule is CC=N/C(=C(\C)Cl)c1cc(C)nc2c(OCc3c(Cl)cncc3CNC(C)=O)cccc12. The maximum absolute atomic E-state index is 11.3. The fourth-order valence-corrected chi connectivity index (χ4v) is 3.70. The second-order valence-corrected chi connectivity index (χ2v) is 8.16. The topological polar surface area (TPSA) is 76.5 Å². The molecule has 0 fully saturated rings. The monoisotopic (exact) mass is 470 g/mol. The van der Waals surface area contributed by atoms with E-state index in [0.29, 0.717) is 33.6 Å². The highest BCUT2D eigenvalue weighted by atomic mass is 35.5. The number of aromatic nitrogens is 2. The number of rotatable bonds is 7. The molecule has 1 aromatic carbocycles. The third-order valence-electron chi connectivity index (χ3n) is 4.76. The summed E-state index contributed by atoms with van der Waals surface area (Å²) in [5.41, 5.74) is 4.65. The number of aliphatic imine (C=N–C) groups is 1. The van der Waals surface area contributed by atoms with Crippen LogP contribution in [0.4, 0.5) is 0 Å². The minimum Gasteiger partial charge on any atom is -0.487 e. The molecule has 166 valence electrons. The quantitative estimate of drug-likeness (QED) is 0.441. The van der Waals surface area contributed by atoms with Gasteiger partial charge in [0.25, 0.3) is 0 Å². The van der Waals surface area contributed by atoms with Gasteiger partial charge in [0.2, 0.25) is 5.91 Å². The van der Waals surface area contributed by atoms with E-state index in [0.717, 1.165) is 27.8 Å². The zero-order valence-corrected chi connectivity index (χ0v) is 19.9. The average molecular weight is 471 g/mol. The van der Waals surface area contributed by atoms with E-state index in [1.165, 1.54) is 6.92 Å². The third-order valence-corrected chi connectivity index (χ3v) is 5.27. The third kappa shape index (κ3) is 5.44. The molecule has 0 aliphatic heterocycles. The first-order chi connectivity index (χ1) is 15.3. The molecular weight excluding hydrogens is 447 g/mol. The zero-order chi connectivity index (χ0) is 23.3. The molecule has 3 aromatic rings. The fraction of sp³-hybridized carbons (Fsp3) is 0.250. The Kier molecular flexibility index (Phi) is 7.83. The number of aryl methyl sites for hydroxylation is 1. The molecule has 32 heavy (non-hydrogen) atoms. The van der Waals surface area contributed by atoms with Crippen LogP contribution in [0.2, 0.25) is 5.02 Å². The van der Waals surface area contributed by atoms with Crippen molar-refractivity contribution in [2.24, 2.45) is 4.99 Å². The van der Waals surface area contributed by atoms with Gasteiger partial charge in [0, 0.05) is 59.3 Å². The number of hydrogen-bond acceptors (Lipinski definition) is 5. The lowest BCUT2D eigenvalue weighted by atomic mass is 10.0. The number of fused-ring (bicyclic) bond motifs is 1. The lowest BCUT2D eigenvalue weighted by molar-refractivity contribution is -0.119. The first kappa shape index (κ1) is 23.7. The molecule has 6 nitrogen and oxygen atoms in total. The predicted octanol–water partition coefficient (Wildman–Crippen LogP) is 5.82. The molecule has 0 aliphatic carbocycles. The van der Waals surface area contributed by atoms with Gasteiger partial charge in [-0.15, -0.1) is 0 Å².